The maximum absolute atomic E-state index is 5.88. The van der Waals surface area contributed by atoms with E-state index < -0.39 is 0 Å². The third-order valence-electron chi connectivity index (χ3n) is 2.09. The Bertz CT molecular complexity index is 472. The SMILES string of the molecule is CC(=Nc1cccc(Cl)c1)c1ccc[nH]1. The van der Waals surface area contributed by atoms with E-state index in [1.807, 2.05) is 49.5 Å². The van der Waals surface area contributed by atoms with Gasteiger partial charge in [-0.3, -0.25) is 4.99 Å². The molecule has 1 aromatic heterocycles. The Kier molecular flexibility index (Phi) is 2.88. The number of benzene rings is 1. The van der Waals surface area contributed by atoms with Crippen LogP contribution in [0, 0.1) is 0 Å². The van der Waals surface area contributed by atoms with Gasteiger partial charge in [-0.05, 0) is 37.3 Å². The minimum absolute atomic E-state index is 0.704. The van der Waals surface area contributed by atoms with E-state index >= 15 is 0 Å². The largest absolute Gasteiger partial charge is 0.360 e. The van der Waals surface area contributed by atoms with Crippen LogP contribution in [0.25, 0.3) is 0 Å². The van der Waals surface area contributed by atoms with Crippen molar-refractivity contribution in [2.45, 2.75) is 6.92 Å². The Morgan fingerprint density at radius 1 is 1.27 bits per heavy atom. The summed E-state index contributed by atoms with van der Waals surface area (Å²) >= 11 is 5.88. The molecule has 3 heteroatoms. The van der Waals surface area contributed by atoms with Gasteiger partial charge >= 0.3 is 0 Å². The molecule has 0 aliphatic heterocycles. The molecule has 2 rings (SSSR count). The predicted molar refractivity (Wildman–Crippen MR) is 64.1 cm³/mol. The third kappa shape index (κ3) is 2.48. The van der Waals surface area contributed by atoms with Crippen LogP contribution in [0.2, 0.25) is 5.02 Å². The van der Waals surface area contributed by atoms with Crippen LogP contribution < -0.4 is 0 Å². The molecule has 1 N–H and O–H groups in total. The second-order valence-corrected chi connectivity index (χ2v) is 3.70. The van der Waals surface area contributed by atoms with Crippen molar-refractivity contribution in [3.05, 3.63) is 53.3 Å². The van der Waals surface area contributed by atoms with Crippen LogP contribution in [0.5, 0.6) is 0 Å². The Morgan fingerprint density at radius 2 is 2.13 bits per heavy atom. The number of halogens is 1. The van der Waals surface area contributed by atoms with E-state index in [1.165, 1.54) is 0 Å². The summed E-state index contributed by atoms with van der Waals surface area (Å²) in [6, 6.07) is 11.4. The zero-order valence-corrected chi connectivity index (χ0v) is 9.12. The van der Waals surface area contributed by atoms with Gasteiger partial charge in [0, 0.05) is 11.2 Å². The molecule has 0 spiro atoms. The van der Waals surface area contributed by atoms with Crippen LogP contribution in [0.15, 0.2) is 47.6 Å². The summed E-state index contributed by atoms with van der Waals surface area (Å²) in [5.41, 5.74) is 2.84. The van der Waals surface area contributed by atoms with Gasteiger partial charge in [0.15, 0.2) is 0 Å². The lowest BCUT2D eigenvalue weighted by Gasteiger charge is -1.98. The zero-order chi connectivity index (χ0) is 10.7. The van der Waals surface area contributed by atoms with Gasteiger partial charge in [-0.1, -0.05) is 17.7 Å². The van der Waals surface area contributed by atoms with Crippen LogP contribution in [-0.2, 0) is 0 Å². The number of aliphatic imine (C=N–C) groups is 1. The molecule has 0 aliphatic rings. The number of nitrogens with zero attached hydrogens (tertiary/aromatic N) is 1. The molecule has 0 fully saturated rings. The maximum atomic E-state index is 5.88. The first-order chi connectivity index (χ1) is 7.25. The molecule has 0 radical (unpaired) electrons. The second-order valence-electron chi connectivity index (χ2n) is 3.26. The molecule has 2 nitrogen and oxygen atoms in total. The number of hydrogen-bond donors (Lipinski definition) is 1. The van der Waals surface area contributed by atoms with Gasteiger partial charge in [0.1, 0.15) is 0 Å². The summed E-state index contributed by atoms with van der Waals surface area (Å²) in [5, 5.41) is 0.704. The van der Waals surface area contributed by atoms with Crippen LogP contribution in [0.3, 0.4) is 0 Å². The van der Waals surface area contributed by atoms with Crippen LogP contribution in [-0.4, -0.2) is 10.7 Å². The molecule has 15 heavy (non-hydrogen) atoms. The molecule has 0 amide bonds. The number of H-pyrrole nitrogens is 1. The van der Waals surface area contributed by atoms with Crippen molar-refractivity contribution in [3.63, 3.8) is 0 Å². The Hall–Kier alpha value is -1.54. The molecule has 0 unspecified atom stereocenters. The fourth-order valence-electron chi connectivity index (χ4n) is 1.35. The van der Waals surface area contributed by atoms with Crippen molar-refractivity contribution in [1.29, 1.82) is 0 Å². The molecule has 0 atom stereocenters. The highest BCUT2D eigenvalue weighted by Gasteiger charge is 1.97. The fraction of sp³-hybridized carbons (Fsp3) is 0.0833. The zero-order valence-electron chi connectivity index (χ0n) is 8.37. The summed E-state index contributed by atoms with van der Waals surface area (Å²) in [6.07, 6.45) is 1.88. The molecule has 1 aromatic carbocycles. The van der Waals surface area contributed by atoms with Crippen molar-refractivity contribution in [3.8, 4) is 0 Å². The van der Waals surface area contributed by atoms with Crippen molar-refractivity contribution in [2.75, 3.05) is 0 Å². The third-order valence-corrected chi connectivity index (χ3v) is 2.33. The average molecular weight is 219 g/mol. The summed E-state index contributed by atoms with van der Waals surface area (Å²) in [6.45, 7) is 1.97. The fourth-order valence-corrected chi connectivity index (χ4v) is 1.54. The molecule has 2 aromatic rings. The minimum Gasteiger partial charge on any atom is -0.360 e. The van der Waals surface area contributed by atoms with E-state index in [1.54, 1.807) is 0 Å². The minimum atomic E-state index is 0.704. The standard InChI is InChI=1S/C12H11ClN2/c1-9(12-6-3-7-14-12)15-11-5-2-4-10(13)8-11/h2-8,14H,1H3. The molecule has 1 heterocycles. The lowest BCUT2D eigenvalue weighted by Crippen LogP contribution is -1.93. The first-order valence-corrected chi connectivity index (χ1v) is 5.08. The number of aromatic amines is 1. The molecule has 0 saturated heterocycles. The van der Waals surface area contributed by atoms with E-state index in [0.29, 0.717) is 5.02 Å². The van der Waals surface area contributed by atoms with Crippen LogP contribution in [0.4, 0.5) is 5.69 Å². The maximum Gasteiger partial charge on any atom is 0.0648 e. The summed E-state index contributed by atoms with van der Waals surface area (Å²) in [4.78, 5) is 7.57. The molecule has 76 valence electrons. The molecular formula is C12H11ClN2. The first-order valence-electron chi connectivity index (χ1n) is 4.70. The van der Waals surface area contributed by atoms with Crippen LogP contribution in [0.1, 0.15) is 12.6 Å². The topological polar surface area (TPSA) is 28.1 Å². The van der Waals surface area contributed by atoms with Gasteiger partial charge in [-0.15, -0.1) is 0 Å². The molecule has 0 saturated carbocycles. The normalized spacial score (nSPS) is 11.7. The van der Waals surface area contributed by atoms with Crippen molar-refractivity contribution >= 4 is 23.0 Å². The van der Waals surface area contributed by atoms with Crippen molar-refractivity contribution < 1.29 is 0 Å². The summed E-state index contributed by atoms with van der Waals surface area (Å²) < 4.78 is 0. The van der Waals surface area contributed by atoms with Gasteiger partial charge in [0.05, 0.1) is 17.1 Å². The van der Waals surface area contributed by atoms with Gasteiger partial charge in [-0.25, -0.2) is 0 Å². The van der Waals surface area contributed by atoms with E-state index in [9.17, 15) is 0 Å². The molecule has 0 bridgehead atoms. The lowest BCUT2D eigenvalue weighted by atomic mass is 10.3. The van der Waals surface area contributed by atoms with Gasteiger partial charge in [-0.2, -0.15) is 0 Å². The smallest absolute Gasteiger partial charge is 0.0648 e. The number of hydrogen-bond acceptors (Lipinski definition) is 1. The Balaban J connectivity index is 2.31. The second kappa shape index (κ2) is 4.32. The number of aromatic nitrogens is 1. The van der Waals surface area contributed by atoms with Crippen LogP contribution >= 0.6 is 11.6 Å². The van der Waals surface area contributed by atoms with Crippen molar-refractivity contribution in [2.24, 2.45) is 4.99 Å². The highest BCUT2D eigenvalue weighted by Crippen LogP contribution is 2.18. The van der Waals surface area contributed by atoms with Gasteiger partial charge in [0.25, 0.3) is 0 Å². The predicted octanol–water partition coefficient (Wildman–Crippen LogP) is 3.81. The quantitative estimate of drug-likeness (QED) is 0.743. The van der Waals surface area contributed by atoms with Gasteiger partial charge in [0.2, 0.25) is 0 Å². The lowest BCUT2D eigenvalue weighted by molar-refractivity contribution is 1.34. The van der Waals surface area contributed by atoms with E-state index in [4.69, 9.17) is 11.6 Å². The highest BCUT2D eigenvalue weighted by molar-refractivity contribution is 6.30. The summed E-state index contributed by atoms with van der Waals surface area (Å²) in [5.74, 6) is 0. The summed E-state index contributed by atoms with van der Waals surface area (Å²) in [7, 11) is 0. The Morgan fingerprint density at radius 3 is 2.80 bits per heavy atom. The van der Waals surface area contributed by atoms with Gasteiger partial charge < -0.3 is 4.98 Å². The molecular weight excluding hydrogens is 208 g/mol. The Labute approximate surface area is 93.6 Å². The average Bonchev–Trinajstić information content (AvgIpc) is 2.70. The van der Waals surface area contributed by atoms with E-state index in [-0.39, 0.29) is 0 Å². The monoisotopic (exact) mass is 218 g/mol. The van der Waals surface area contributed by atoms with E-state index in [0.717, 1.165) is 17.1 Å². The molecule has 0 aliphatic carbocycles. The first kappa shape index (κ1) is 9.99. The number of nitrogens with one attached hydrogen (secondary N) is 1. The van der Waals surface area contributed by atoms with Crippen molar-refractivity contribution in [1.82, 2.24) is 4.98 Å². The highest BCUT2D eigenvalue weighted by atomic mass is 35.5. The number of rotatable bonds is 2. The van der Waals surface area contributed by atoms with E-state index in [2.05, 4.69) is 9.98 Å².